The number of halogens is 1. The number of amides is 1. The van der Waals surface area contributed by atoms with Gasteiger partial charge in [0.1, 0.15) is 12.4 Å². The first kappa shape index (κ1) is 25.5. The van der Waals surface area contributed by atoms with Crippen LogP contribution in [0.4, 0.5) is 5.69 Å². The van der Waals surface area contributed by atoms with Crippen molar-refractivity contribution in [1.29, 1.82) is 0 Å². The molecule has 2 aromatic rings. The van der Waals surface area contributed by atoms with Crippen LogP contribution < -0.4 is 15.4 Å². The van der Waals surface area contributed by atoms with Gasteiger partial charge in [-0.05, 0) is 61.1 Å². The number of thiocarbonyl (C=S) groups is 1. The van der Waals surface area contributed by atoms with E-state index in [2.05, 4.69) is 10.6 Å². The highest BCUT2D eigenvalue weighted by molar-refractivity contribution is 7.80. The van der Waals surface area contributed by atoms with E-state index in [4.69, 9.17) is 38.0 Å². The number of nitrogens with zero attached hydrogens (tertiary/aromatic N) is 1. The molecule has 1 unspecified atom stereocenters. The summed E-state index contributed by atoms with van der Waals surface area (Å²) in [6, 6.07) is 13.4. The Balaban J connectivity index is 1.68. The van der Waals surface area contributed by atoms with E-state index in [9.17, 15) is 9.59 Å². The van der Waals surface area contributed by atoms with E-state index in [0.717, 1.165) is 5.56 Å². The highest BCUT2D eigenvalue weighted by Gasteiger charge is 2.33. The van der Waals surface area contributed by atoms with Gasteiger partial charge in [-0.1, -0.05) is 23.7 Å². The Bertz CT molecular complexity index is 1070. The van der Waals surface area contributed by atoms with Crippen LogP contribution in [0.15, 0.2) is 59.8 Å². The normalized spacial score (nSPS) is 15.6. The Morgan fingerprint density at radius 3 is 2.44 bits per heavy atom. The molecule has 0 saturated carbocycles. The molecule has 2 aromatic carbocycles. The molecule has 0 spiro atoms. The summed E-state index contributed by atoms with van der Waals surface area (Å²) in [4.78, 5) is 26.8. The van der Waals surface area contributed by atoms with Crippen molar-refractivity contribution >= 4 is 46.5 Å². The van der Waals surface area contributed by atoms with Crippen molar-refractivity contribution < 1.29 is 23.8 Å². The van der Waals surface area contributed by atoms with E-state index < -0.39 is 12.0 Å². The maximum atomic E-state index is 12.8. The fourth-order valence-electron chi connectivity index (χ4n) is 3.28. The number of anilines is 1. The smallest absolute Gasteiger partial charge is 0.338 e. The largest absolute Gasteiger partial charge is 0.484 e. The van der Waals surface area contributed by atoms with Gasteiger partial charge in [-0.3, -0.25) is 4.79 Å². The third kappa shape index (κ3) is 6.47. The second-order valence-electron chi connectivity index (χ2n) is 7.48. The Labute approximate surface area is 208 Å². The number of methoxy groups -OCH3 is 1. The number of allylic oxidation sites excluding steroid dienone is 1. The van der Waals surface area contributed by atoms with E-state index in [1.165, 1.54) is 0 Å². The third-order valence-electron chi connectivity index (χ3n) is 5.21. The van der Waals surface area contributed by atoms with Crippen molar-refractivity contribution in [3.63, 3.8) is 0 Å². The van der Waals surface area contributed by atoms with Gasteiger partial charge in [-0.2, -0.15) is 0 Å². The maximum Gasteiger partial charge on any atom is 0.338 e. The average molecular weight is 504 g/mol. The highest BCUT2D eigenvalue weighted by Crippen LogP contribution is 2.31. The summed E-state index contributed by atoms with van der Waals surface area (Å²) in [5.41, 5.74) is 2.55. The predicted octanol–water partition coefficient (Wildman–Crippen LogP) is 3.68. The molecule has 8 nitrogen and oxygen atoms in total. The lowest BCUT2D eigenvalue weighted by Crippen LogP contribution is -2.46. The summed E-state index contributed by atoms with van der Waals surface area (Å²) in [7, 11) is 3.33. The Kier molecular flexibility index (Phi) is 8.86. The van der Waals surface area contributed by atoms with Crippen LogP contribution in [0, 0.1) is 0 Å². The molecule has 0 fully saturated rings. The van der Waals surface area contributed by atoms with Crippen LogP contribution in [0.3, 0.4) is 0 Å². The van der Waals surface area contributed by atoms with Gasteiger partial charge < -0.3 is 29.7 Å². The van der Waals surface area contributed by atoms with Crippen LogP contribution in [0.2, 0.25) is 5.02 Å². The van der Waals surface area contributed by atoms with E-state index in [1.54, 1.807) is 55.5 Å². The van der Waals surface area contributed by atoms with Crippen LogP contribution in [-0.2, 0) is 19.1 Å². The topological polar surface area (TPSA) is 89.1 Å². The zero-order valence-electron chi connectivity index (χ0n) is 19.1. The minimum absolute atomic E-state index is 0.145. The second kappa shape index (κ2) is 11.8. The number of rotatable bonds is 9. The summed E-state index contributed by atoms with van der Waals surface area (Å²) in [6.45, 7) is 2.13. The van der Waals surface area contributed by atoms with Crippen LogP contribution in [0.5, 0.6) is 5.75 Å². The first-order chi connectivity index (χ1) is 16.3. The molecule has 2 N–H and O–H groups in total. The van der Waals surface area contributed by atoms with Crippen molar-refractivity contribution in [2.45, 2.75) is 13.0 Å². The number of benzene rings is 2. The van der Waals surface area contributed by atoms with Gasteiger partial charge in [-0.25, -0.2) is 4.79 Å². The molecule has 1 amide bonds. The molecule has 1 aliphatic heterocycles. The molecule has 3 rings (SSSR count). The van der Waals surface area contributed by atoms with E-state index in [0.29, 0.717) is 39.4 Å². The molecular formula is C24H26ClN3O5S. The van der Waals surface area contributed by atoms with Gasteiger partial charge in [0.2, 0.25) is 0 Å². The molecule has 34 heavy (non-hydrogen) atoms. The van der Waals surface area contributed by atoms with Gasteiger partial charge in [0, 0.05) is 30.6 Å². The average Bonchev–Trinajstić information content (AvgIpc) is 2.82. The summed E-state index contributed by atoms with van der Waals surface area (Å²) in [5.74, 6) is -0.205. The van der Waals surface area contributed by atoms with Crippen LogP contribution in [0.25, 0.3) is 0 Å². The molecule has 0 aromatic heterocycles. The molecule has 1 aliphatic rings. The number of carbonyl (C=O) groups is 2. The van der Waals surface area contributed by atoms with Gasteiger partial charge in [0.15, 0.2) is 11.7 Å². The fraction of sp³-hybridized carbons (Fsp3) is 0.292. The molecule has 1 heterocycles. The summed E-state index contributed by atoms with van der Waals surface area (Å²) in [5, 5.41) is 7.06. The lowest BCUT2D eigenvalue weighted by atomic mass is 9.95. The summed E-state index contributed by atoms with van der Waals surface area (Å²) < 4.78 is 15.8. The first-order valence-electron chi connectivity index (χ1n) is 10.5. The number of nitrogens with one attached hydrogen (secondary N) is 2. The first-order valence-corrected chi connectivity index (χ1v) is 11.3. The van der Waals surface area contributed by atoms with E-state index in [-0.39, 0.29) is 19.1 Å². The molecular weight excluding hydrogens is 478 g/mol. The molecule has 0 bridgehead atoms. The standard InChI is InChI=1S/C24H26ClN3O5S/c1-15-21(23(30)32-13-12-31-3)22(27-24(34)28(15)2)16-4-8-18(9-5-16)26-20(29)14-33-19-10-6-17(25)7-11-19/h4-11,22H,12-14H2,1-3H3,(H,26,29)(H,27,34). The van der Waals surface area contributed by atoms with Gasteiger partial charge in [-0.15, -0.1) is 0 Å². The lowest BCUT2D eigenvalue weighted by molar-refractivity contribution is -0.140. The Morgan fingerprint density at radius 2 is 1.79 bits per heavy atom. The number of esters is 1. The quantitative estimate of drug-likeness (QED) is 0.304. The van der Waals surface area contributed by atoms with Crippen molar-refractivity contribution in [2.75, 3.05) is 39.3 Å². The molecule has 10 heteroatoms. The van der Waals surface area contributed by atoms with Gasteiger partial charge >= 0.3 is 5.97 Å². The molecule has 0 radical (unpaired) electrons. The van der Waals surface area contributed by atoms with Crippen molar-refractivity contribution in [3.05, 3.63) is 70.4 Å². The number of hydrogen-bond acceptors (Lipinski definition) is 6. The summed E-state index contributed by atoms with van der Waals surface area (Å²) >= 11 is 11.3. The minimum Gasteiger partial charge on any atom is -0.484 e. The minimum atomic E-state index is -0.489. The number of hydrogen-bond donors (Lipinski definition) is 2. The molecule has 0 aliphatic carbocycles. The zero-order chi connectivity index (χ0) is 24.7. The van der Waals surface area contributed by atoms with E-state index in [1.807, 2.05) is 19.1 Å². The van der Waals surface area contributed by atoms with Crippen molar-refractivity contribution in [3.8, 4) is 5.75 Å². The van der Waals surface area contributed by atoms with Crippen LogP contribution in [-0.4, -0.2) is 55.9 Å². The number of ether oxygens (including phenoxy) is 3. The monoisotopic (exact) mass is 503 g/mol. The number of carbonyl (C=O) groups excluding carboxylic acids is 2. The van der Waals surface area contributed by atoms with Crippen molar-refractivity contribution in [1.82, 2.24) is 10.2 Å². The lowest BCUT2D eigenvalue weighted by Gasteiger charge is -2.35. The Morgan fingerprint density at radius 1 is 1.12 bits per heavy atom. The highest BCUT2D eigenvalue weighted by atomic mass is 35.5. The SMILES string of the molecule is COCCOC(=O)C1=C(C)N(C)C(=S)NC1c1ccc(NC(=O)COc2ccc(Cl)cc2)cc1. The second-order valence-corrected chi connectivity index (χ2v) is 8.31. The van der Waals surface area contributed by atoms with E-state index >= 15 is 0 Å². The zero-order valence-corrected chi connectivity index (χ0v) is 20.7. The molecule has 1 atom stereocenters. The molecule has 0 saturated heterocycles. The van der Waals surface area contributed by atoms with Gasteiger partial charge in [0.05, 0.1) is 18.2 Å². The van der Waals surface area contributed by atoms with Gasteiger partial charge in [0.25, 0.3) is 5.91 Å². The maximum absolute atomic E-state index is 12.8. The molecule has 180 valence electrons. The van der Waals surface area contributed by atoms with Crippen LogP contribution in [0.1, 0.15) is 18.5 Å². The third-order valence-corrected chi connectivity index (χ3v) is 5.85. The van der Waals surface area contributed by atoms with Crippen molar-refractivity contribution in [2.24, 2.45) is 0 Å². The predicted molar refractivity (Wildman–Crippen MR) is 134 cm³/mol. The fourth-order valence-corrected chi connectivity index (χ4v) is 3.66. The Hall–Kier alpha value is -3.14. The summed E-state index contributed by atoms with van der Waals surface area (Å²) in [6.07, 6.45) is 0. The van der Waals surface area contributed by atoms with Crippen LogP contribution >= 0.6 is 23.8 Å².